The molecule has 0 spiro atoms. The molecule has 1 aromatic heterocycles. The molecule has 1 aromatic carbocycles. The molecule has 0 bridgehead atoms. The number of benzene rings is 1. The van der Waals surface area contributed by atoms with Crippen molar-refractivity contribution in [3.05, 3.63) is 47.9 Å². The first-order chi connectivity index (χ1) is 11.1. The van der Waals surface area contributed by atoms with Gasteiger partial charge in [0.15, 0.2) is 0 Å². The average Bonchev–Trinajstić information content (AvgIpc) is 3.00. The number of amides is 2. The molecule has 4 N–H and O–H groups in total. The monoisotopic (exact) mass is 353 g/mol. The molecule has 0 atom stereocenters. The Balaban J connectivity index is 0.00000288. The molecular formula is C16H20ClN3O4. The maximum atomic E-state index is 11.8. The van der Waals surface area contributed by atoms with Gasteiger partial charge in [-0.15, -0.1) is 12.4 Å². The van der Waals surface area contributed by atoms with Crippen LogP contribution in [-0.2, 0) is 11.3 Å². The van der Waals surface area contributed by atoms with Crippen LogP contribution in [0.25, 0.3) is 0 Å². The average molecular weight is 354 g/mol. The molecule has 0 unspecified atom stereocenters. The van der Waals surface area contributed by atoms with Crippen LogP contribution < -0.4 is 21.1 Å². The SMILES string of the molecule is CC(=O)Nc1cccc(OCCNC(=O)c2coc(CN)c2)c1.Cl. The van der Waals surface area contributed by atoms with Gasteiger partial charge in [-0.05, 0) is 18.2 Å². The van der Waals surface area contributed by atoms with Gasteiger partial charge in [0.25, 0.3) is 5.91 Å². The highest BCUT2D eigenvalue weighted by molar-refractivity contribution is 5.94. The van der Waals surface area contributed by atoms with E-state index >= 15 is 0 Å². The van der Waals surface area contributed by atoms with E-state index in [0.717, 1.165) is 0 Å². The molecule has 0 saturated carbocycles. The van der Waals surface area contributed by atoms with Gasteiger partial charge < -0.3 is 25.5 Å². The second-order valence-electron chi connectivity index (χ2n) is 4.82. The Morgan fingerprint density at radius 2 is 2.08 bits per heavy atom. The molecule has 24 heavy (non-hydrogen) atoms. The number of rotatable bonds is 7. The molecule has 0 aliphatic heterocycles. The summed E-state index contributed by atoms with van der Waals surface area (Å²) < 4.78 is 10.6. The zero-order valence-electron chi connectivity index (χ0n) is 13.2. The zero-order valence-corrected chi connectivity index (χ0v) is 14.0. The molecule has 7 nitrogen and oxygen atoms in total. The number of anilines is 1. The van der Waals surface area contributed by atoms with Gasteiger partial charge in [0.05, 0.1) is 18.7 Å². The molecule has 0 radical (unpaired) electrons. The minimum Gasteiger partial charge on any atom is -0.492 e. The molecule has 0 aliphatic carbocycles. The van der Waals surface area contributed by atoms with Crippen LogP contribution in [0.4, 0.5) is 5.69 Å². The molecule has 0 saturated heterocycles. The molecule has 8 heteroatoms. The third kappa shape index (κ3) is 5.94. The van der Waals surface area contributed by atoms with Gasteiger partial charge in [0.2, 0.25) is 5.91 Å². The standard InChI is InChI=1S/C16H19N3O4.ClH/c1-11(20)19-13-3-2-4-14(8-13)22-6-5-18-16(21)12-7-15(9-17)23-10-12;/h2-4,7-8,10H,5-6,9,17H2,1H3,(H,18,21)(H,19,20);1H. The Hall–Kier alpha value is -2.51. The first-order valence-electron chi connectivity index (χ1n) is 7.14. The zero-order chi connectivity index (χ0) is 16.7. The number of nitrogens with two attached hydrogens (primary N) is 1. The Morgan fingerprint density at radius 3 is 2.75 bits per heavy atom. The number of carbonyl (C=O) groups excluding carboxylic acids is 2. The molecule has 0 fully saturated rings. The van der Waals surface area contributed by atoms with Gasteiger partial charge in [-0.1, -0.05) is 6.07 Å². The number of carbonyl (C=O) groups is 2. The quantitative estimate of drug-likeness (QED) is 0.659. The fraction of sp³-hybridized carbons (Fsp3) is 0.250. The first-order valence-corrected chi connectivity index (χ1v) is 7.14. The van der Waals surface area contributed by atoms with E-state index < -0.39 is 0 Å². The Kier molecular flexibility index (Phi) is 7.81. The summed E-state index contributed by atoms with van der Waals surface area (Å²) in [7, 11) is 0. The van der Waals surface area contributed by atoms with Gasteiger partial charge in [-0.2, -0.15) is 0 Å². The predicted octanol–water partition coefficient (Wildman–Crippen LogP) is 1.93. The van der Waals surface area contributed by atoms with Crippen LogP contribution in [0.3, 0.4) is 0 Å². The minimum atomic E-state index is -0.246. The number of ether oxygens (including phenoxy) is 1. The van der Waals surface area contributed by atoms with Crippen molar-refractivity contribution < 1.29 is 18.7 Å². The van der Waals surface area contributed by atoms with Crippen LogP contribution in [-0.4, -0.2) is 25.0 Å². The molecule has 0 aliphatic rings. The van der Waals surface area contributed by atoms with E-state index in [1.807, 2.05) is 0 Å². The van der Waals surface area contributed by atoms with Crippen LogP contribution in [0.5, 0.6) is 5.75 Å². The van der Waals surface area contributed by atoms with Crippen LogP contribution >= 0.6 is 12.4 Å². The molecule has 2 amide bonds. The van der Waals surface area contributed by atoms with E-state index in [9.17, 15) is 9.59 Å². The highest BCUT2D eigenvalue weighted by Gasteiger charge is 2.08. The largest absolute Gasteiger partial charge is 0.492 e. The lowest BCUT2D eigenvalue weighted by Gasteiger charge is -2.09. The normalized spacial score (nSPS) is 9.75. The Bertz CT molecular complexity index is 687. The topological polar surface area (TPSA) is 107 Å². The number of halogens is 1. The predicted molar refractivity (Wildman–Crippen MR) is 92.4 cm³/mol. The second kappa shape index (κ2) is 9.59. The van der Waals surface area contributed by atoms with Crippen molar-refractivity contribution in [3.8, 4) is 5.75 Å². The maximum absolute atomic E-state index is 11.8. The number of hydrogen-bond donors (Lipinski definition) is 3. The molecule has 2 rings (SSSR count). The third-order valence-electron chi connectivity index (χ3n) is 2.93. The van der Waals surface area contributed by atoms with Crippen molar-refractivity contribution >= 4 is 29.9 Å². The van der Waals surface area contributed by atoms with E-state index in [4.69, 9.17) is 14.9 Å². The van der Waals surface area contributed by atoms with Crippen LogP contribution in [0.2, 0.25) is 0 Å². The smallest absolute Gasteiger partial charge is 0.254 e. The summed E-state index contributed by atoms with van der Waals surface area (Å²) in [6, 6.07) is 8.64. The summed E-state index contributed by atoms with van der Waals surface area (Å²) in [6.45, 7) is 2.33. The van der Waals surface area contributed by atoms with Crippen LogP contribution in [0.15, 0.2) is 41.0 Å². The summed E-state index contributed by atoms with van der Waals surface area (Å²) in [5.74, 6) is 0.774. The lowest BCUT2D eigenvalue weighted by molar-refractivity contribution is -0.114. The highest BCUT2D eigenvalue weighted by Crippen LogP contribution is 2.17. The number of nitrogens with one attached hydrogen (secondary N) is 2. The van der Waals surface area contributed by atoms with Crippen molar-refractivity contribution in [2.24, 2.45) is 5.73 Å². The van der Waals surface area contributed by atoms with Crippen molar-refractivity contribution in [2.45, 2.75) is 13.5 Å². The van der Waals surface area contributed by atoms with Gasteiger partial charge in [0, 0.05) is 18.7 Å². The highest BCUT2D eigenvalue weighted by atomic mass is 35.5. The Morgan fingerprint density at radius 1 is 1.29 bits per heavy atom. The first kappa shape index (κ1) is 19.5. The van der Waals surface area contributed by atoms with Gasteiger partial charge in [-0.3, -0.25) is 9.59 Å². The third-order valence-corrected chi connectivity index (χ3v) is 2.93. The molecule has 1 heterocycles. The fourth-order valence-electron chi connectivity index (χ4n) is 1.91. The summed E-state index contributed by atoms with van der Waals surface area (Å²) in [6.07, 6.45) is 1.37. The lowest BCUT2D eigenvalue weighted by Crippen LogP contribution is -2.27. The summed E-state index contributed by atoms with van der Waals surface area (Å²) >= 11 is 0. The second-order valence-corrected chi connectivity index (χ2v) is 4.82. The van der Waals surface area contributed by atoms with Crippen molar-refractivity contribution in [1.29, 1.82) is 0 Å². The van der Waals surface area contributed by atoms with Crippen LogP contribution in [0, 0.1) is 0 Å². The van der Waals surface area contributed by atoms with E-state index in [1.54, 1.807) is 30.3 Å². The fourth-order valence-corrected chi connectivity index (χ4v) is 1.91. The molecule has 130 valence electrons. The molecular weight excluding hydrogens is 334 g/mol. The lowest BCUT2D eigenvalue weighted by atomic mass is 10.3. The van der Waals surface area contributed by atoms with Crippen molar-refractivity contribution in [3.63, 3.8) is 0 Å². The minimum absolute atomic E-state index is 0. The van der Waals surface area contributed by atoms with Gasteiger partial charge in [-0.25, -0.2) is 0 Å². The summed E-state index contributed by atoms with van der Waals surface area (Å²) in [5, 5.41) is 5.39. The Labute approximate surface area is 146 Å². The summed E-state index contributed by atoms with van der Waals surface area (Å²) in [4.78, 5) is 22.8. The van der Waals surface area contributed by atoms with E-state index in [0.29, 0.717) is 35.9 Å². The van der Waals surface area contributed by atoms with Crippen molar-refractivity contribution in [1.82, 2.24) is 5.32 Å². The van der Waals surface area contributed by atoms with E-state index in [1.165, 1.54) is 13.2 Å². The number of furan rings is 1. The number of hydrogen-bond acceptors (Lipinski definition) is 5. The summed E-state index contributed by atoms with van der Waals surface area (Å²) in [5.41, 5.74) is 6.51. The van der Waals surface area contributed by atoms with E-state index in [2.05, 4.69) is 10.6 Å². The van der Waals surface area contributed by atoms with Crippen molar-refractivity contribution in [2.75, 3.05) is 18.5 Å². The maximum Gasteiger partial charge on any atom is 0.254 e. The van der Waals surface area contributed by atoms with Crippen LogP contribution in [0.1, 0.15) is 23.0 Å². The molecule has 2 aromatic rings. The van der Waals surface area contributed by atoms with Gasteiger partial charge in [0.1, 0.15) is 24.4 Å². The van der Waals surface area contributed by atoms with E-state index in [-0.39, 0.29) is 30.8 Å². The van der Waals surface area contributed by atoms with Gasteiger partial charge >= 0.3 is 0 Å².